The van der Waals surface area contributed by atoms with Crippen LogP contribution >= 0.6 is 11.6 Å². The molecular formula is C14H17ClN2O4. The van der Waals surface area contributed by atoms with Crippen molar-refractivity contribution < 1.29 is 19.5 Å². The number of hydrogen-bond donors (Lipinski definition) is 3. The van der Waals surface area contributed by atoms with Crippen LogP contribution in [0, 0.1) is 0 Å². The second kappa shape index (κ2) is 7.64. The molecule has 7 heteroatoms. The van der Waals surface area contributed by atoms with Gasteiger partial charge in [-0.15, -0.1) is 0 Å². The van der Waals surface area contributed by atoms with E-state index in [9.17, 15) is 14.4 Å². The van der Waals surface area contributed by atoms with Gasteiger partial charge in [0.1, 0.15) is 6.04 Å². The summed E-state index contributed by atoms with van der Waals surface area (Å²) < 4.78 is 0. The minimum Gasteiger partial charge on any atom is -0.480 e. The summed E-state index contributed by atoms with van der Waals surface area (Å²) in [6.07, 6.45) is 0.945. The number of hydrogen-bond acceptors (Lipinski definition) is 3. The van der Waals surface area contributed by atoms with Crippen LogP contribution < -0.4 is 10.6 Å². The van der Waals surface area contributed by atoms with E-state index >= 15 is 0 Å². The maximum atomic E-state index is 12.1. The van der Waals surface area contributed by atoms with Crippen molar-refractivity contribution in [2.45, 2.75) is 32.7 Å². The molecule has 1 rings (SSSR count). The molecule has 0 aliphatic rings. The van der Waals surface area contributed by atoms with E-state index in [2.05, 4.69) is 10.6 Å². The van der Waals surface area contributed by atoms with E-state index in [0.717, 1.165) is 0 Å². The summed E-state index contributed by atoms with van der Waals surface area (Å²) in [4.78, 5) is 34.2. The molecule has 2 amide bonds. The Balaban J connectivity index is 2.95. The van der Waals surface area contributed by atoms with Crippen molar-refractivity contribution in [3.05, 3.63) is 28.8 Å². The molecule has 6 nitrogen and oxygen atoms in total. The fourth-order valence-corrected chi connectivity index (χ4v) is 1.97. The van der Waals surface area contributed by atoms with E-state index in [1.807, 2.05) is 6.92 Å². The molecule has 0 spiro atoms. The highest BCUT2D eigenvalue weighted by molar-refractivity contribution is 6.34. The number of anilines is 1. The number of benzene rings is 1. The van der Waals surface area contributed by atoms with Crippen LogP contribution in [-0.4, -0.2) is 28.9 Å². The quantitative estimate of drug-likeness (QED) is 0.751. The van der Waals surface area contributed by atoms with Crippen LogP contribution in [0.25, 0.3) is 0 Å². The summed E-state index contributed by atoms with van der Waals surface area (Å²) >= 11 is 5.95. The van der Waals surface area contributed by atoms with Gasteiger partial charge in [0.05, 0.1) is 10.6 Å². The molecule has 21 heavy (non-hydrogen) atoms. The Morgan fingerprint density at radius 3 is 2.52 bits per heavy atom. The number of carbonyl (C=O) groups excluding carboxylic acids is 2. The fourth-order valence-electron chi connectivity index (χ4n) is 1.76. The molecule has 0 saturated heterocycles. The first-order valence-electron chi connectivity index (χ1n) is 6.46. The molecule has 1 atom stereocenters. The molecule has 1 aromatic rings. The lowest BCUT2D eigenvalue weighted by molar-refractivity contribution is -0.139. The predicted octanol–water partition coefficient (Wildman–Crippen LogP) is 2.28. The second-order valence-electron chi connectivity index (χ2n) is 4.53. The van der Waals surface area contributed by atoms with E-state index in [0.29, 0.717) is 18.5 Å². The standard InChI is InChI=1S/C14H17ClN2O4/c1-3-4-12(14(20)21)17-13(19)10-7-9(16-8(2)18)5-6-11(10)15/h5-7,12H,3-4H2,1-2H3,(H,16,18)(H,17,19)(H,20,21). The summed E-state index contributed by atoms with van der Waals surface area (Å²) in [5, 5.41) is 14.2. The average molecular weight is 313 g/mol. The van der Waals surface area contributed by atoms with Crippen molar-refractivity contribution in [1.82, 2.24) is 5.32 Å². The third-order valence-corrected chi connectivity index (χ3v) is 3.04. The Labute approximate surface area is 127 Å². The monoisotopic (exact) mass is 312 g/mol. The van der Waals surface area contributed by atoms with Gasteiger partial charge in [-0.2, -0.15) is 0 Å². The van der Waals surface area contributed by atoms with E-state index in [1.54, 1.807) is 6.07 Å². The minimum absolute atomic E-state index is 0.116. The molecule has 0 fully saturated rings. The first-order valence-corrected chi connectivity index (χ1v) is 6.83. The van der Waals surface area contributed by atoms with Crippen LogP contribution in [0.3, 0.4) is 0 Å². The molecule has 114 valence electrons. The summed E-state index contributed by atoms with van der Waals surface area (Å²) in [6, 6.07) is 3.46. The highest BCUT2D eigenvalue weighted by atomic mass is 35.5. The van der Waals surface area contributed by atoms with Gasteiger partial charge < -0.3 is 15.7 Å². The lowest BCUT2D eigenvalue weighted by Crippen LogP contribution is -2.40. The van der Waals surface area contributed by atoms with Crippen LogP contribution in [0.2, 0.25) is 5.02 Å². The first-order chi connectivity index (χ1) is 9.85. The smallest absolute Gasteiger partial charge is 0.326 e. The van der Waals surface area contributed by atoms with Crippen molar-refractivity contribution in [3.63, 3.8) is 0 Å². The van der Waals surface area contributed by atoms with Gasteiger partial charge in [0.2, 0.25) is 5.91 Å². The van der Waals surface area contributed by atoms with Crippen LogP contribution in [0.15, 0.2) is 18.2 Å². The fraction of sp³-hybridized carbons (Fsp3) is 0.357. The van der Waals surface area contributed by atoms with Crippen LogP contribution in [0.5, 0.6) is 0 Å². The molecule has 3 N–H and O–H groups in total. The Kier molecular flexibility index (Phi) is 6.17. The molecule has 1 unspecified atom stereocenters. The van der Waals surface area contributed by atoms with E-state index in [1.165, 1.54) is 19.1 Å². The Hall–Kier alpha value is -2.08. The summed E-state index contributed by atoms with van der Waals surface area (Å²) in [7, 11) is 0. The Morgan fingerprint density at radius 2 is 2.00 bits per heavy atom. The lowest BCUT2D eigenvalue weighted by Gasteiger charge is -2.14. The maximum Gasteiger partial charge on any atom is 0.326 e. The minimum atomic E-state index is -1.10. The predicted molar refractivity (Wildman–Crippen MR) is 79.6 cm³/mol. The van der Waals surface area contributed by atoms with Crippen molar-refractivity contribution in [2.24, 2.45) is 0 Å². The average Bonchev–Trinajstić information content (AvgIpc) is 2.39. The highest BCUT2D eigenvalue weighted by Gasteiger charge is 2.21. The van der Waals surface area contributed by atoms with Gasteiger partial charge in [-0.25, -0.2) is 4.79 Å². The van der Waals surface area contributed by atoms with Gasteiger partial charge >= 0.3 is 5.97 Å². The number of aliphatic carboxylic acids is 1. The van der Waals surface area contributed by atoms with Crippen molar-refractivity contribution >= 4 is 35.1 Å². The van der Waals surface area contributed by atoms with Gasteiger partial charge in [0.15, 0.2) is 0 Å². The van der Waals surface area contributed by atoms with E-state index in [4.69, 9.17) is 16.7 Å². The summed E-state index contributed by atoms with van der Waals surface area (Å²) in [5.74, 6) is -1.97. The van der Waals surface area contributed by atoms with Crippen molar-refractivity contribution in [1.29, 1.82) is 0 Å². The SMILES string of the molecule is CCCC(NC(=O)c1cc(NC(C)=O)ccc1Cl)C(=O)O. The number of nitrogens with one attached hydrogen (secondary N) is 2. The third kappa shape index (κ3) is 5.07. The zero-order valence-electron chi connectivity index (χ0n) is 11.8. The van der Waals surface area contributed by atoms with Gasteiger partial charge in [0, 0.05) is 12.6 Å². The second-order valence-corrected chi connectivity index (χ2v) is 4.94. The summed E-state index contributed by atoms with van der Waals surface area (Å²) in [5.41, 5.74) is 0.532. The number of amides is 2. The molecule has 0 heterocycles. The number of carboxylic acids is 1. The lowest BCUT2D eigenvalue weighted by atomic mass is 10.1. The van der Waals surface area contributed by atoms with Gasteiger partial charge in [-0.3, -0.25) is 9.59 Å². The Bertz CT molecular complexity index is 560. The zero-order chi connectivity index (χ0) is 16.0. The molecular weight excluding hydrogens is 296 g/mol. The topological polar surface area (TPSA) is 95.5 Å². The van der Waals surface area contributed by atoms with Crippen LogP contribution in [0.1, 0.15) is 37.0 Å². The maximum absolute atomic E-state index is 12.1. The molecule has 0 saturated carbocycles. The van der Waals surface area contributed by atoms with E-state index < -0.39 is 17.9 Å². The molecule has 0 aromatic heterocycles. The number of carboxylic acid groups (broad SMARTS) is 1. The molecule has 0 bridgehead atoms. The normalized spacial score (nSPS) is 11.6. The highest BCUT2D eigenvalue weighted by Crippen LogP contribution is 2.21. The van der Waals surface area contributed by atoms with Crippen molar-refractivity contribution in [3.8, 4) is 0 Å². The summed E-state index contributed by atoms with van der Waals surface area (Å²) in [6.45, 7) is 3.17. The van der Waals surface area contributed by atoms with Crippen molar-refractivity contribution in [2.75, 3.05) is 5.32 Å². The van der Waals surface area contributed by atoms with Gasteiger partial charge in [0.25, 0.3) is 5.91 Å². The Morgan fingerprint density at radius 1 is 1.33 bits per heavy atom. The van der Waals surface area contributed by atoms with E-state index in [-0.39, 0.29) is 16.5 Å². The zero-order valence-corrected chi connectivity index (χ0v) is 12.5. The third-order valence-electron chi connectivity index (χ3n) is 2.71. The van der Waals surface area contributed by atoms with Crippen LogP contribution in [-0.2, 0) is 9.59 Å². The molecule has 0 aliphatic carbocycles. The van der Waals surface area contributed by atoms with Crippen LogP contribution in [0.4, 0.5) is 5.69 Å². The number of carbonyl (C=O) groups is 3. The van der Waals surface area contributed by atoms with Gasteiger partial charge in [-0.1, -0.05) is 24.9 Å². The van der Waals surface area contributed by atoms with Gasteiger partial charge in [-0.05, 0) is 24.6 Å². The number of halogens is 1. The molecule has 0 radical (unpaired) electrons. The number of rotatable bonds is 6. The molecule has 0 aliphatic heterocycles. The largest absolute Gasteiger partial charge is 0.480 e. The molecule has 1 aromatic carbocycles. The first kappa shape index (κ1) is 17.0.